The first-order valence-electron chi connectivity index (χ1n) is 9.26. The molecule has 0 atom stereocenters. The van der Waals surface area contributed by atoms with Crippen molar-refractivity contribution in [2.75, 3.05) is 18.0 Å². The topological polar surface area (TPSA) is 103 Å². The van der Waals surface area contributed by atoms with E-state index in [0.717, 1.165) is 0 Å². The van der Waals surface area contributed by atoms with Crippen LogP contribution in [0.5, 0.6) is 0 Å². The molecule has 4 rings (SSSR count). The van der Waals surface area contributed by atoms with Crippen LogP contribution >= 0.6 is 0 Å². The predicted molar refractivity (Wildman–Crippen MR) is 96.8 cm³/mol. The number of nitriles is 1. The fourth-order valence-electron chi connectivity index (χ4n) is 3.61. The molecule has 0 spiro atoms. The smallest absolute Gasteiger partial charge is 0.345 e. The van der Waals surface area contributed by atoms with Gasteiger partial charge in [-0.1, -0.05) is 0 Å². The average molecular weight is 457 g/mol. The molecule has 3 aromatic rings. The maximum atomic E-state index is 13.0. The number of hydrogen-bond acceptors (Lipinski definition) is 6. The van der Waals surface area contributed by atoms with Crippen LogP contribution in [-0.4, -0.2) is 37.7 Å². The Hall–Kier alpha value is -3.63. The number of nitrogens with zero attached hydrogens (tertiary/aromatic N) is 6. The highest BCUT2D eigenvalue weighted by atomic mass is 19.4. The highest BCUT2D eigenvalue weighted by Crippen LogP contribution is 2.33. The molecule has 0 bridgehead atoms. The van der Waals surface area contributed by atoms with E-state index in [1.54, 1.807) is 4.90 Å². The molecule has 8 nitrogen and oxygen atoms in total. The minimum Gasteiger partial charge on any atom is -0.345 e. The van der Waals surface area contributed by atoms with Gasteiger partial charge in [0.05, 0.1) is 11.3 Å². The van der Waals surface area contributed by atoms with E-state index in [0.29, 0.717) is 49.0 Å². The Labute approximate surface area is 175 Å². The van der Waals surface area contributed by atoms with Crippen LogP contribution in [0.4, 0.5) is 32.3 Å². The zero-order valence-electron chi connectivity index (χ0n) is 16.0. The van der Waals surface area contributed by atoms with Crippen LogP contribution in [-0.2, 0) is 12.4 Å². The van der Waals surface area contributed by atoms with Crippen LogP contribution in [0.2, 0.25) is 0 Å². The lowest BCUT2D eigenvalue weighted by Crippen LogP contribution is -2.34. The molecule has 0 aromatic carbocycles. The normalized spacial score (nSPS) is 15.8. The van der Waals surface area contributed by atoms with Crippen molar-refractivity contribution in [3.05, 3.63) is 51.3 Å². The zero-order chi connectivity index (χ0) is 23.3. The summed E-state index contributed by atoms with van der Waals surface area (Å²) in [6.07, 6.45) is -6.79. The van der Waals surface area contributed by atoms with Gasteiger partial charge in [-0.3, -0.25) is 4.79 Å². The van der Waals surface area contributed by atoms with Crippen LogP contribution in [0.25, 0.3) is 5.65 Å². The van der Waals surface area contributed by atoms with Crippen LogP contribution in [0.15, 0.2) is 23.4 Å². The monoisotopic (exact) mass is 457 g/mol. The Morgan fingerprint density at radius 2 is 1.69 bits per heavy atom. The Balaban J connectivity index is 1.58. The first-order valence-corrected chi connectivity index (χ1v) is 9.26. The molecule has 0 radical (unpaired) electrons. The van der Waals surface area contributed by atoms with E-state index in [-0.39, 0.29) is 28.8 Å². The van der Waals surface area contributed by atoms with Crippen molar-refractivity contribution < 1.29 is 26.3 Å². The third-order valence-electron chi connectivity index (χ3n) is 5.24. The maximum Gasteiger partial charge on any atom is 0.423 e. The first kappa shape index (κ1) is 21.6. The van der Waals surface area contributed by atoms with Gasteiger partial charge in [-0.05, 0) is 12.8 Å². The summed E-state index contributed by atoms with van der Waals surface area (Å²) < 4.78 is 77.6. The number of alkyl halides is 6. The molecule has 1 fully saturated rings. The molecule has 4 heterocycles. The molecule has 1 saturated heterocycles. The Bertz CT molecular complexity index is 1240. The van der Waals surface area contributed by atoms with Gasteiger partial charge in [-0.2, -0.15) is 41.2 Å². The molecular weight excluding hydrogens is 444 g/mol. The second kappa shape index (κ2) is 7.50. The first-order chi connectivity index (χ1) is 15.0. The van der Waals surface area contributed by atoms with Crippen molar-refractivity contribution in [3.63, 3.8) is 0 Å². The number of anilines is 1. The highest BCUT2D eigenvalue weighted by Gasteiger charge is 2.36. The van der Waals surface area contributed by atoms with E-state index in [1.807, 2.05) is 6.07 Å². The summed E-state index contributed by atoms with van der Waals surface area (Å²) in [6.45, 7) is 0.632. The summed E-state index contributed by atoms with van der Waals surface area (Å²) in [5, 5.41) is 13.5. The van der Waals surface area contributed by atoms with Gasteiger partial charge in [0.1, 0.15) is 17.2 Å². The lowest BCUT2D eigenvalue weighted by Gasteiger charge is -2.31. The van der Waals surface area contributed by atoms with Gasteiger partial charge >= 0.3 is 12.4 Å². The Morgan fingerprint density at radius 1 is 1.06 bits per heavy atom. The number of halogens is 6. The molecule has 3 aromatic heterocycles. The zero-order valence-corrected chi connectivity index (χ0v) is 16.0. The molecular formula is C18H13F6N7O. The lowest BCUT2D eigenvalue weighted by atomic mass is 9.91. The van der Waals surface area contributed by atoms with Gasteiger partial charge in [-0.25, -0.2) is 9.97 Å². The van der Waals surface area contributed by atoms with Gasteiger partial charge in [0.15, 0.2) is 5.65 Å². The van der Waals surface area contributed by atoms with Crippen LogP contribution in [0.1, 0.15) is 41.1 Å². The number of rotatable bonds is 2. The molecule has 1 aliphatic heterocycles. The fourth-order valence-corrected chi connectivity index (χ4v) is 3.61. The molecule has 168 valence electrons. The fraction of sp³-hybridized carbons (Fsp3) is 0.389. The van der Waals surface area contributed by atoms with E-state index in [1.165, 1.54) is 0 Å². The van der Waals surface area contributed by atoms with E-state index in [2.05, 4.69) is 20.1 Å². The third kappa shape index (κ3) is 3.74. The summed E-state index contributed by atoms with van der Waals surface area (Å²) >= 11 is 0. The summed E-state index contributed by atoms with van der Waals surface area (Å²) in [6, 6.07) is 1.88. The predicted octanol–water partition coefficient (Wildman–Crippen LogP) is 3.11. The second-order valence-corrected chi connectivity index (χ2v) is 7.17. The largest absolute Gasteiger partial charge is 0.423 e. The van der Waals surface area contributed by atoms with Crippen molar-refractivity contribution in [3.8, 4) is 6.07 Å². The van der Waals surface area contributed by atoms with Gasteiger partial charge < -0.3 is 9.88 Å². The molecule has 0 aliphatic carbocycles. The lowest BCUT2D eigenvalue weighted by molar-refractivity contribution is -0.139. The van der Waals surface area contributed by atoms with Gasteiger partial charge in [0.2, 0.25) is 5.95 Å². The molecule has 1 aliphatic rings. The van der Waals surface area contributed by atoms with E-state index in [9.17, 15) is 36.4 Å². The number of piperidine rings is 1. The van der Waals surface area contributed by atoms with Crippen LogP contribution in [0, 0.1) is 11.3 Å². The molecule has 0 unspecified atom stereocenters. The summed E-state index contributed by atoms with van der Waals surface area (Å²) in [7, 11) is 0. The Kier molecular flexibility index (Phi) is 5.06. The van der Waals surface area contributed by atoms with Gasteiger partial charge in [0.25, 0.3) is 5.56 Å². The third-order valence-corrected chi connectivity index (χ3v) is 5.24. The minimum atomic E-state index is -4.88. The highest BCUT2D eigenvalue weighted by molar-refractivity contribution is 5.58. The number of aromatic amines is 1. The van der Waals surface area contributed by atoms with Crippen molar-refractivity contribution in [1.82, 2.24) is 24.6 Å². The van der Waals surface area contributed by atoms with Crippen molar-refractivity contribution >= 4 is 11.6 Å². The number of fused-ring (bicyclic) bond motifs is 1. The number of hydrogen-bond donors (Lipinski definition) is 1. The van der Waals surface area contributed by atoms with E-state index >= 15 is 0 Å². The molecule has 14 heteroatoms. The summed E-state index contributed by atoms with van der Waals surface area (Å²) in [4.78, 5) is 23.7. The standard InChI is InChI=1S/C18H13F6N7O/c19-17(20,21)10-6-27-16(28-7-10)30-3-1-9(2-4-30)13-11(5-25)14-26-8-12(18(22,23)24)15(32)31(14)29-13/h6-9,26H,1-4H2. The van der Waals surface area contributed by atoms with Gasteiger partial charge in [-0.15, -0.1) is 0 Å². The number of H-pyrrole nitrogens is 1. The average Bonchev–Trinajstić information content (AvgIpc) is 3.12. The molecule has 32 heavy (non-hydrogen) atoms. The second-order valence-electron chi connectivity index (χ2n) is 7.17. The number of nitrogens with one attached hydrogen (secondary N) is 1. The van der Waals surface area contributed by atoms with Crippen molar-refractivity contribution in [2.45, 2.75) is 31.1 Å². The quantitative estimate of drug-likeness (QED) is 0.594. The minimum absolute atomic E-state index is 0.0277. The van der Waals surface area contributed by atoms with Crippen LogP contribution in [0.3, 0.4) is 0 Å². The SMILES string of the molecule is N#Cc1c(C2CCN(c3ncc(C(F)(F)F)cn3)CC2)nn2c(=O)c(C(F)(F)F)c[nH]c12. The van der Waals surface area contributed by atoms with Crippen LogP contribution < -0.4 is 10.5 Å². The van der Waals surface area contributed by atoms with E-state index in [4.69, 9.17) is 0 Å². The number of aromatic nitrogens is 5. The summed E-state index contributed by atoms with van der Waals surface area (Å²) in [5.41, 5.74) is -3.76. The van der Waals surface area contributed by atoms with E-state index < -0.39 is 29.0 Å². The molecule has 0 saturated carbocycles. The van der Waals surface area contributed by atoms with Crippen molar-refractivity contribution in [1.29, 1.82) is 5.26 Å². The molecule has 1 N–H and O–H groups in total. The van der Waals surface area contributed by atoms with Crippen molar-refractivity contribution in [2.24, 2.45) is 0 Å². The van der Waals surface area contributed by atoms with Gasteiger partial charge in [0, 0.05) is 37.6 Å². The maximum absolute atomic E-state index is 13.0. The summed E-state index contributed by atoms with van der Waals surface area (Å²) in [5.74, 6) is -0.241. The Morgan fingerprint density at radius 3 is 2.22 bits per heavy atom. The molecule has 0 amide bonds.